The summed E-state index contributed by atoms with van der Waals surface area (Å²) >= 11 is 0. The Bertz CT molecular complexity index is 799. The summed E-state index contributed by atoms with van der Waals surface area (Å²) in [5, 5.41) is 8.91. The van der Waals surface area contributed by atoms with Crippen molar-refractivity contribution in [3.8, 4) is 11.1 Å². The monoisotopic (exact) mass is 324 g/mol. The molecular weight excluding hydrogens is 304 g/mol. The maximum Gasteiger partial charge on any atom is 0.323 e. The normalized spacial score (nSPS) is 14.0. The van der Waals surface area contributed by atoms with Gasteiger partial charge in [0.1, 0.15) is 6.54 Å². The van der Waals surface area contributed by atoms with E-state index in [0.717, 1.165) is 22.4 Å². The van der Waals surface area contributed by atoms with Crippen LogP contribution in [-0.2, 0) is 11.2 Å². The number of pyridine rings is 1. The molecule has 2 heterocycles. The Hall–Kier alpha value is -2.69. The molecule has 2 aromatic rings. The lowest BCUT2D eigenvalue weighted by atomic mass is 9.92. The first-order chi connectivity index (χ1) is 11.5. The van der Waals surface area contributed by atoms with Gasteiger partial charge in [-0.25, -0.2) is 0 Å². The fraction of sp³-hybridized carbons (Fsp3) is 0.316. The van der Waals surface area contributed by atoms with Crippen LogP contribution in [0.1, 0.15) is 41.4 Å². The summed E-state index contributed by atoms with van der Waals surface area (Å²) in [6, 6.07) is 9.72. The summed E-state index contributed by atoms with van der Waals surface area (Å²) in [7, 11) is 0. The molecule has 5 nitrogen and oxygen atoms in total. The number of carbonyl (C=O) groups is 2. The minimum Gasteiger partial charge on any atom is -0.480 e. The maximum atomic E-state index is 12.4. The van der Waals surface area contributed by atoms with Gasteiger partial charge in [-0.2, -0.15) is 0 Å². The highest BCUT2D eigenvalue weighted by molar-refractivity contribution is 5.98. The number of nitrogens with zero attached hydrogens (tertiary/aromatic N) is 2. The van der Waals surface area contributed by atoms with E-state index in [0.29, 0.717) is 24.4 Å². The average Bonchev–Trinajstić information content (AvgIpc) is 2.57. The van der Waals surface area contributed by atoms with Crippen LogP contribution < -0.4 is 0 Å². The summed E-state index contributed by atoms with van der Waals surface area (Å²) in [6.07, 6.45) is 2.46. The molecule has 1 aliphatic heterocycles. The standard InChI is InChI=1S/C19H20N2O3/c1-12(2)18-15(4-3-8-20-18)13-5-6-16-14(10-13)7-9-21(19(16)24)11-17(22)23/h3-6,8,10,12H,7,9,11H2,1-2H3,(H,22,23). The third kappa shape index (κ3) is 3.02. The van der Waals surface area contributed by atoms with E-state index in [-0.39, 0.29) is 12.5 Å². The number of aromatic nitrogens is 1. The molecule has 24 heavy (non-hydrogen) atoms. The highest BCUT2D eigenvalue weighted by Crippen LogP contribution is 2.30. The molecular formula is C19H20N2O3. The van der Waals surface area contributed by atoms with E-state index >= 15 is 0 Å². The van der Waals surface area contributed by atoms with Gasteiger partial charge in [0.2, 0.25) is 0 Å². The van der Waals surface area contributed by atoms with Crippen molar-refractivity contribution in [2.45, 2.75) is 26.2 Å². The summed E-state index contributed by atoms with van der Waals surface area (Å²) < 4.78 is 0. The number of aliphatic carboxylic acids is 1. The Kier molecular flexibility index (Phi) is 4.34. The molecule has 0 bridgehead atoms. The van der Waals surface area contributed by atoms with Crippen LogP contribution in [0.2, 0.25) is 0 Å². The molecule has 1 aliphatic rings. The van der Waals surface area contributed by atoms with Gasteiger partial charge in [0.05, 0.1) is 5.69 Å². The molecule has 1 amide bonds. The number of hydrogen-bond donors (Lipinski definition) is 1. The predicted octanol–water partition coefficient (Wildman–Crippen LogP) is 2.95. The van der Waals surface area contributed by atoms with Gasteiger partial charge in [-0.15, -0.1) is 0 Å². The van der Waals surface area contributed by atoms with E-state index in [1.54, 1.807) is 12.3 Å². The van der Waals surface area contributed by atoms with Crippen molar-refractivity contribution in [3.05, 3.63) is 53.3 Å². The van der Waals surface area contributed by atoms with Crippen LogP contribution in [-0.4, -0.2) is 40.0 Å². The number of carboxylic acids is 1. The van der Waals surface area contributed by atoms with E-state index in [1.807, 2.05) is 24.3 Å². The van der Waals surface area contributed by atoms with Gasteiger partial charge in [-0.05, 0) is 35.6 Å². The SMILES string of the molecule is CC(C)c1ncccc1-c1ccc2c(c1)CCN(CC(=O)O)C2=O. The first kappa shape index (κ1) is 16.2. The van der Waals surface area contributed by atoms with Crippen LogP contribution in [0.15, 0.2) is 36.5 Å². The molecule has 124 valence electrons. The zero-order valence-corrected chi connectivity index (χ0v) is 13.8. The van der Waals surface area contributed by atoms with Gasteiger partial charge < -0.3 is 10.0 Å². The second kappa shape index (κ2) is 6.43. The minimum absolute atomic E-state index is 0.208. The number of benzene rings is 1. The van der Waals surface area contributed by atoms with Crippen LogP contribution in [0.3, 0.4) is 0 Å². The number of fused-ring (bicyclic) bond motifs is 1. The lowest BCUT2D eigenvalue weighted by Gasteiger charge is -2.27. The first-order valence-corrected chi connectivity index (χ1v) is 8.06. The van der Waals surface area contributed by atoms with Gasteiger partial charge in [0.15, 0.2) is 0 Å². The molecule has 0 aliphatic carbocycles. The first-order valence-electron chi connectivity index (χ1n) is 8.06. The molecule has 0 radical (unpaired) electrons. The van der Waals surface area contributed by atoms with E-state index in [1.165, 1.54) is 4.90 Å². The summed E-state index contributed by atoms with van der Waals surface area (Å²) in [6.45, 7) is 4.40. The lowest BCUT2D eigenvalue weighted by Crippen LogP contribution is -2.40. The molecule has 0 spiro atoms. The number of carboxylic acid groups (broad SMARTS) is 1. The molecule has 0 unspecified atom stereocenters. The van der Waals surface area contributed by atoms with Crippen LogP contribution in [0.25, 0.3) is 11.1 Å². The lowest BCUT2D eigenvalue weighted by molar-refractivity contribution is -0.137. The summed E-state index contributed by atoms with van der Waals surface area (Å²) in [5.74, 6) is -0.884. The number of carbonyl (C=O) groups excluding carboxylic acids is 1. The van der Waals surface area contributed by atoms with Crippen molar-refractivity contribution in [2.75, 3.05) is 13.1 Å². The molecule has 3 rings (SSSR count). The molecule has 0 fully saturated rings. The Morgan fingerprint density at radius 3 is 2.79 bits per heavy atom. The van der Waals surface area contributed by atoms with E-state index in [2.05, 4.69) is 18.8 Å². The van der Waals surface area contributed by atoms with Crippen molar-refractivity contribution >= 4 is 11.9 Å². The third-order valence-corrected chi connectivity index (χ3v) is 4.30. The molecule has 0 atom stereocenters. The second-order valence-electron chi connectivity index (χ2n) is 6.33. The largest absolute Gasteiger partial charge is 0.480 e. The Labute approximate surface area is 140 Å². The fourth-order valence-electron chi connectivity index (χ4n) is 3.14. The molecule has 1 N–H and O–H groups in total. The fourth-order valence-corrected chi connectivity index (χ4v) is 3.14. The number of amides is 1. The molecule has 1 aromatic heterocycles. The van der Waals surface area contributed by atoms with Crippen LogP contribution in [0.4, 0.5) is 0 Å². The zero-order chi connectivity index (χ0) is 17.3. The van der Waals surface area contributed by atoms with Gasteiger partial charge in [0.25, 0.3) is 5.91 Å². The maximum absolute atomic E-state index is 12.4. The zero-order valence-electron chi connectivity index (χ0n) is 13.8. The van der Waals surface area contributed by atoms with Crippen molar-refractivity contribution in [1.29, 1.82) is 0 Å². The van der Waals surface area contributed by atoms with Gasteiger partial charge in [-0.3, -0.25) is 14.6 Å². The quantitative estimate of drug-likeness (QED) is 0.938. The van der Waals surface area contributed by atoms with E-state index in [4.69, 9.17) is 5.11 Å². The summed E-state index contributed by atoms with van der Waals surface area (Å²) in [5.41, 5.74) is 4.73. The molecule has 1 aromatic carbocycles. The molecule has 0 saturated carbocycles. The van der Waals surface area contributed by atoms with Crippen molar-refractivity contribution in [1.82, 2.24) is 9.88 Å². The minimum atomic E-state index is -0.986. The predicted molar refractivity (Wildman–Crippen MR) is 91.0 cm³/mol. The van der Waals surface area contributed by atoms with E-state index in [9.17, 15) is 9.59 Å². The Morgan fingerprint density at radius 1 is 1.29 bits per heavy atom. The third-order valence-electron chi connectivity index (χ3n) is 4.30. The highest BCUT2D eigenvalue weighted by Gasteiger charge is 2.26. The number of hydrogen-bond acceptors (Lipinski definition) is 3. The van der Waals surface area contributed by atoms with Crippen molar-refractivity contribution in [2.24, 2.45) is 0 Å². The summed E-state index contributed by atoms with van der Waals surface area (Å²) in [4.78, 5) is 29.2. The van der Waals surface area contributed by atoms with Crippen molar-refractivity contribution in [3.63, 3.8) is 0 Å². The Balaban J connectivity index is 1.97. The van der Waals surface area contributed by atoms with Crippen molar-refractivity contribution < 1.29 is 14.7 Å². The van der Waals surface area contributed by atoms with Gasteiger partial charge in [-0.1, -0.05) is 32.0 Å². The second-order valence-corrected chi connectivity index (χ2v) is 6.33. The van der Waals surface area contributed by atoms with Crippen LogP contribution in [0, 0.1) is 0 Å². The molecule has 0 saturated heterocycles. The van der Waals surface area contributed by atoms with E-state index < -0.39 is 5.97 Å². The van der Waals surface area contributed by atoms with Crippen LogP contribution in [0.5, 0.6) is 0 Å². The highest BCUT2D eigenvalue weighted by atomic mass is 16.4. The smallest absolute Gasteiger partial charge is 0.323 e. The van der Waals surface area contributed by atoms with Crippen LogP contribution >= 0.6 is 0 Å². The Morgan fingerprint density at radius 2 is 2.08 bits per heavy atom. The number of rotatable bonds is 4. The molecule has 5 heteroatoms. The van der Waals surface area contributed by atoms with Gasteiger partial charge in [0, 0.05) is 23.9 Å². The topological polar surface area (TPSA) is 70.5 Å². The van der Waals surface area contributed by atoms with Gasteiger partial charge >= 0.3 is 5.97 Å². The average molecular weight is 324 g/mol.